The van der Waals surface area contributed by atoms with E-state index < -0.39 is 0 Å². The molecule has 2 atom stereocenters. The fourth-order valence-electron chi connectivity index (χ4n) is 2.65. The van der Waals surface area contributed by atoms with Gasteiger partial charge in [-0.15, -0.1) is 0 Å². The first-order valence-corrected chi connectivity index (χ1v) is 5.82. The van der Waals surface area contributed by atoms with E-state index in [2.05, 4.69) is 44.2 Å². The van der Waals surface area contributed by atoms with E-state index in [9.17, 15) is 0 Å². The van der Waals surface area contributed by atoms with Crippen molar-refractivity contribution >= 4 is 0 Å². The van der Waals surface area contributed by atoms with Crippen LogP contribution in [0.3, 0.4) is 0 Å². The predicted octanol–water partition coefficient (Wildman–Crippen LogP) is 4.23. The van der Waals surface area contributed by atoms with Gasteiger partial charge in [-0.2, -0.15) is 0 Å². The minimum atomic E-state index is 0.837. The van der Waals surface area contributed by atoms with E-state index in [1.54, 1.807) is 5.56 Å². The third kappa shape index (κ3) is 2.00. The fourth-order valence-corrected chi connectivity index (χ4v) is 2.65. The van der Waals surface area contributed by atoms with Crippen LogP contribution in [-0.2, 0) is 0 Å². The van der Waals surface area contributed by atoms with Crippen molar-refractivity contribution in [1.29, 1.82) is 0 Å². The van der Waals surface area contributed by atoms with Gasteiger partial charge in [0.25, 0.3) is 0 Å². The van der Waals surface area contributed by atoms with E-state index in [0.29, 0.717) is 0 Å². The molecule has 1 aliphatic rings. The number of benzene rings is 1. The van der Waals surface area contributed by atoms with E-state index in [0.717, 1.165) is 17.8 Å². The molecule has 0 heterocycles. The summed E-state index contributed by atoms with van der Waals surface area (Å²) in [7, 11) is 0. The molecule has 1 unspecified atom stereocenters. The van der Waals surface area contributed by atoms with Crippen LogP contribution in [0.4, 0.5) is 0 Å². The Hall–Kier alpha value is -0.780. The molecule has 0 N–H and O–H groups in total. The highest BCUT2D eigenvalue weighted by Crippen LogP contribution is 2.41. The van der Waals surface area contributed by atoms with Gasteiger partial charge in [0.2, 0.25) is 0 Å². The molecule has 0 aliphatic heterocycles. The van der Waals surface area contributed by atoms with Crippen molar-refractivity contribution in [3.05, 3.63) is 35.9 Å². The lowest BCUT2D eigenvalue weighted by Crippen LogP contribution is -2.03. The first-order chi connectivity index (χ1) is 6.77. The van der Waals surface area contributed by atoms with E-state index in [1.807, 2.05) is 0 Å². The van der Waals surface area contributed by atoms with E-state index in [1.165, 1.54) is 19.3 Å². The topological polar surface area (TPSA) is 0 Å². The molecule has 0 heteroatoms. The average Bonchev–Trinajstić information content (AvgIpc) is 2.68. The lowest BCUT2D eigenvalue weighted by Gasteiger charge is -2.14. The average molecular weight is 188 g/mol. The molecule has 2 rings (SSSR count). The van der Waals surface area contributed by atoms with Crippen LogP contribution in [-0.4, -0.2) is 0 Å². The molecule has 14 heavy (non-hydrogen) atoms. The van der Waals surface area contributed by atoms with Crippen molar-refractivity contribution in [3.63, 3.8) is 0 Å². The highest BCUT2D eigenvalue weighted by molar-refractivity contribution is 5.20. The van der Waals surface area contributed by atoms with Gasteiger partial charge in [-0.05, 0) is 42.6 Å². The van der Waals surface area contributed by atoms with E-state index in [-0.39, 0.29) is 0 Å². The van der Waals surface area contributed by atoms with Crippen molar-refractivity contribution in [3.8, 4) is 0 Å². The Labute approximate surface area is 87.3 Å². The Morgan fingerprint density at radius 2 is 1.79 bits per heavy atom. The second-order valence-electron chi connectivity index (χ2n) is 4.92. The maximum atomic E-state index is 2.36. The maximum Gasteiger partial charge on any atom is -0.0159 e. The van der Waals surface area contributed by atoms with Crippen LogP contribution < -0.4 is 0 Å². The molecular weight excluding hydrogens is 168 g/mol. The van der Waals surface area contributed by atoms with E-state index in [4.69, 9.17) is 0 Å². The summed E-state index contributed by atoms with van der Waals surface area (Å²) in [5.74, 6) is 2.66. The van der Waals surface area contributed by atoms with Gasteiger partial charge in [-0.25, -0.2) is 0 Å². The highest BCUT2D eigenvalue weighted by atomic mass is 14.3. The Kier molecular flexibility index (Phi) is 2.90. The zero-order valence-corrected chi connectivity index (χ0v) is 9.24. The predicted molar refractivity (Wildman–Crippen MR) is 61.4 cm³/mol. The molecule has 1 aromatic carbocycles. The zero-order chi connectivity index (χ0) is 9.97. The van der Waals surface area contributed by atoms with Gasteiger partial charge >= 0.3 is 0 Å². The molecule has 0 amide bonds. The summed E-state index contributed by atoms with van der Waals surface area (Å²) < 4.78 is 0. The molecule has 76 valence electrons. The highest BCUT2D eigenvalue weighted by Gasteiger charge is 2.27. The summed E-state index contributed by atoms with van der Waals surface area (Å²) in [6.07, 6.45) is 4.23. The van der Waals surface area contributed by atoms with Crippen molar-refractivity contribution in [2.24, 2.45) is 11.8 Å². The van der Waals surface area contributed by atoms with Gasteiger partial charge in [0.1, 0.15) is 0 Å². The van der Waals surface area contributed by atoms with Gasteiger partial charge in [0.05, 0.1) is 0 Å². The lowest BCUT2D eigenvalue weighted by atomic mass is 9.91. The molecule has 0 saturated heterocycles. The number of rotatable bonds is 2. The Morgan fingerprint density at radius 3 is 2.36 bits per heavy atom. The minimum Gasteiger partial charge on any atom is -0.0625 e. The summed E-state index contributed by atoms with van der Waals surface area (Å²) in [5.41, 5.74) is 1.55. The first-order valence-electron chi connectivity index (χ1n) is 5.82. The minimum absolute atomic E-state index is 0.837. The van der Waals surface area contributed by atoms with Crippen molar-refractivity contribution < 1.29 is 0 Å². The smallest absolute Gasteiger partial charge is 0.0159 e. The first kappa shape index (κ1) is 9.76. The molecule has 0 aromatic heterocycles. The summed E-state index contributed by atoms with van der Waals surface area (Å²) in [5, 5.41) is 0. The SMILES string of the molecule is CC(C)C1CC[C@H](c2ccccc2)C1. The monoisotopic (exact) mass is 188 g/mol. The van der Waals surface area contributed by atoms with Gasteiger partial charge in [-0.3, -0.25) is 0 Å². The molecule has 0 spiro atoms. The van der Waals surface area contributed by atoms with Gasteiger partial charge in [0.15, 0.2) is 0 Å². The molecule has 1 aliphatic carbocycles. The van der Waals surface area contributed by atoms with Gasteiger partial charge in [-0.1, -0.05) is 44.2 Å². The molecule has 0 radical (unpaired) electrons. The lowest BCUT2D eigenvalue weighted by molar-refractivity contribution is 0.391. The third-order valence-corrected chi connectivity index (χ3v) is 3.69. The molecular formula is C14H20. The largest absolute Gasteiger partial charge is 0.0625 e. The molecule has 0 nitrogen and oxygen atoms in total. The third-order valence-electron chi connectivity index (χ3n) is 3.69. The molecule has 1 saturated carbocycles. The Balaban J connectivity index is 2.03. The van der Waals surface area contributed by atoms with Crippen molar-refractivity contribution in [2.45, 2.75) is 39.0 Å². The quantitative estimate of drug-likeness (QED) is 0.651. The standard InChI is InChI=1S/C14H20/c1-11(2)13-8-9-14(10-13)12-6-4-3-5-7-12/h3-7,11,13-14H,8-10H2,1-2H3/t13?,14-/m0/s1. The van der Waals surface area contributed by atoms with E-state index >= 15 is 0 Å². The van der Waals surface area contributed by atoms with Crippen molar-refractivity contribution in [2.75, 3.05) is 0 Å². The number of hydrogen-bond donors (Lipinski definition) is 0. The second-order valence-corrected chi connectivity index (χ2v) is 4.92. The Morgan fingerprint density at radius 1 is 1.07 bits per heavy atom. The van der Waals surface area contributed by atoms with Crippen LogP contribution in [0.25, 0.3) is 0 Å². The van der Waals surface area contributed by atoms with Crippen molar-refractivity contribution in [1.82, 2.24) is 0 Å². The van der Waals surface area contributed by atoms with Crippen LogP contribution in [0.1, 0.15) is 44.6 Å². The summed E-state index contributed by atoms with van der Waals surface area (Å²) in [6, 6.07) is 11.0. The summed E-state index contributed by atoms with van der Waals surface area (Å²) in [4.78, 5) is 0. The van der Waals surface area contributed by atoms with Crippen LogP contribution in [0, 0.1) is 11.8 Å². The molecule has 1 aromatic rings. The maximum absolute atomic E-state index is 2.36. The Bertz CT molecular complexity index is 273. The van der Waals surface area contributed by atoms with Crippen LogP contribution in [0.2, 0.25) is 0 Å². The summed E-state index contributed by atoms with van der Waals surface area (Å²) >= 11 is 0. The normalized spacial score (nSPS) is 27.1. The zero-order valence-electron chi connectivity index (χ0n) is 9.24. The van der Waals surface area contributed by atoms with Gasteiger partial charge in [0, 0.05) is 0 Å². The van der Waals surface area contributed by atoms with Crippen LogP contribution in [0.15, 0.2) is 30.3 Å². The fraction of sp³-hybridized carbons (Fsp3) is 0.571. The second kappa shape index (κ2) is 4.16. The number of hydrogen-bond acceptors (Lipinski definition) is 0. The summed E-state index contributed by atoms with van der Waals surface area (Å²) in [6.45, 7) is 4.72. The molecule has 1 fully saturated rings. The van der Waals surface area contributed by atoms with Crippen LogP contribution in [0.5, 0.6) is 0 Å². The van der Waals surface area contributed by atoms with Gasteiger partial charge < -0.3 is 0 Å². The molecule has 0 bridgehead atoms. The van der Waals surface area contributed by atoms with Crippen LogP contribution >= 0.6 is 0 Å².